The number of fused-ring (bicyclic) bond motifs is 4. The van der Waals surface area contributed by atoms with Crippen molar-refractivity contribution in [3.63, 3.8) is 0 Å². The van der Waals surface area contributed by atoms with Crippen LogP contribution >= 0.6 is 11.6 Å². The highest BCUT2D eigenvalue weighted by Gasteiger charge is 2.44. The van der Waals surface area contributed by atoms with E-state index in [2.05, 4.69) is 27.9 Å². The van der Waals surface area contributed by atoms with Crippen LogP contribution in [0.15, 0.2) is 49.3 Å². The predicted octanol–water partition coefficient (Wildman–Crippen LogP) is 7.28. The van der Waals surface area contributed by atoms with Gasteiger partial charge in [-0.3, -0.25) is 9.88 Å². The normalized spacial score (nSPS) is 24.6. The fourth-order valence-corrected chi connectivity index (χ4v) is 9.11. The van der Waals surface area contributed by atoms with Crippen molar-refractivity contribution < 1.29 is 4.39 Å². The lowest BCUT2D eigenvalue weighted by Gasteiger charge is -2.43. The highest BCUT2D eigenvalue weighted by Crippen LogP contribution is 2.48. The summed E-state index contributed by atoms with van der Waals surface area (Å²) in [6.07, 6.45) is 14.8. The molecule has 2 unspecified atom stereocenters. The van der Waals surface area contributed by atoms with Gasteiger partial charge in [-0.05, 0) is 94.5 Å². The average molecular weight is 599 g/mol. The molecule has 4 aliphatic heterocycles. The lowest BCUT2D eigenvalue weighted by Crippen LogP contribution is -2.53. The van der Waals surface area contributed by atoms with Crippen LogP contribution in [0.5, 0.6) is 0 Å². The first-order chi connectivity index (χ1) is 21.0. The fraction of sp³-hybridized carbons (Fsp3) is 0.514. The summed E-state index contributed by atoms with van der Waals surface area (Å²) in [6.45, 7) is 12.2. The summed E-state index contributed by atoms with van der Waals surface area (Å²) in [7, 11) is 0. The number of rotatable bonds is 8. The van der Waals surface area contributed by atoms with E-state index in [0.29, 0.717) is 39.6 Å². The molecule has 0 radical (unpaired) electrons. The second-order valence-corrected chi connectivity index (χ2v) is 13.8. The second kappa shape index (κ2) is 10.6. The number of aryl methyl sites for hydroxylation is 1. The zero-order chi connectivity index (χ0) is 29.3. The van der Waals surface area contributed by atoms with Gasteiger partial charge in [0.05, 0.1) is 5.39 Å². The molecule has 2 aromatic heterocycles. The van der Waals surface area contributed by atoms with E-state index in [0.717, 1.165) is 80.1 Å². The molecular formula is C35H40ClFN6. The number of hydrogen-bond donors (Lipinski definition) is 0. The summed E-state index contributed by atoms with van der Waals surface area (Å²) in [5, 5.41) is 1.38. The van der Waals surface area contributed by atoms with E-state index in [9.17, 15) is 0 Å². The summed E-state index contributed by atoms with van der Waals surface area (Å²) in [5.41, 5.74) is 3.78. The SMILES string of the molecule is C=CC(=C)N1C2CCC1CN(c1nc(CCC34CCCN3CCC4)nc3c(F)c(-c4cccc(Cl)c4C4CC4)ncc13)C2. The molecule has 1 aromatic carbocycles. The Kier molecular flexibility index (Phi) is 6.75. The van der Waals surface area contributed by atoms with Gasteiger partial charge in [0.1, 0.15) is 22.9 Å². The van der Waals surface area contributed by atoms with Gasteiger partial charge in [-0.2, -0.15) is 0 Å². The van der Waals surface area contributed by atoms with Crippen molar-refractivity contribution in [1.82, 2.24) is 24.8 Å². The van der Waals surface area contributed by atoms with Gasteiger partial charge < -0.3 is 9.80 Å². The van der Waals surface area contributed by atoms with Crippen molar-refractivity contribution in [3.05, 3.63) is 71.6 Å². The maximum Gasteiger partial charge on any atom is 0.175 e. The van der Waals surface area contributed by atoms with Gasteiger partial charge >= 0.3 is 0 Å². The summed E-state index contributed by atoms with van der Waals surface area (Å²) in [4.78, 5) is 22.4. The quantitative estimate of drug-likeness (QED) is 0.254. The van der Waals surface area contributed by atoms with Crippen LogP contribution in [0.2, 0.25) is 5.02 Å². The minimum atomic E-state index is -0.366. The van der Waals surface area contributed by atoms with Gasteiger partial charge in [0.25, 0.3) is 0 Å². The number of allylic oxidation sites excluding steroid dienone is 1. The van der Waals surface area contributed by atoms with E-state index in [1.165, 1.54) is 38.8 Å². The van der Waals surface area contributed by atoms with Crippen LogP contribution in [-0.2, 0) is 6.42 Å². The number of anilines is 1. The number of benzene rings is 1. The minimum Gasteiger partial charge on any atom is -0.362 e. The van der Waals surface area contributed by atoms with Crippen molar-refractivity contribution in [2.75, 3.05) is 31.1 Å². The molecule has 1 saturated carbocycles. The summed E-state index contributed by atoms with van der Waals surface area (Å²) in [6, 6.07) is 6.43. The van der Waals surface area contributed by atoms with E-state index in [4.69, 9.17) is 26.6 Å². The number of piperazine rings is 1. The Hall–Kier alpha value is -3.03. The Labute approximate surface area is 258 Å². The van der Waals surface area contributed by atoms with Crippen LogP contribution in [0.4, 0.5) is 10.2 Å². The monoisotopic (exact) mass is 598 g/mol. The third-order valence-electron chi connectivity index (χ3n) is 11.0. The number of nitrogens with zero attached hydrogens (tertiary/aromatic N) is 6. The van der Waals surface area contributed by atoms with Crippen molar-refractivity contribution in [3.8, 4) is 11.3 Å². The van der Waals surface area contributed by atoms with Gasteiger partial charge in [0, 0.05) is 59.6 Å². The zero-order valence-electron chi connectivity index (χ0n) is 24.9. The molecule has 5 aliphatic rings. The Balaban J connectivity index is 1.21. The number of aromatic nitrogens is 3. The topological polar surface area (TPSA) is 48.4 Å². The smallest absolute Gasteiger partial charge is 0.175 e. The third-order valence-corrected chi connectivity index (χ3v) is 11.3. The fourth-order valence-electron chi connectivity index (χ4n) is 8.79. The lowest BCUT2D eigenvalue weighted by atomic mass is 9.88. The number of pyridine rings is 1. The van der Waals surface area contributed by atoms with Crippen LogP contribution in [-0.4, -0.2) is 68.6 Å². The Morgan fingerprint density at radius 1 is 1.07 bits per heavy atom. The average Bonchev–Trinajstić information content (AvgIpc) is 3.56. The van der Waals surface area contributed by atoms with Gasteiger partial charge in [-0.25, -0.2) is 14.4 Å². The first kappa shape index (κ1) is 27.5. The molecule has 2 atom stereocenters. The van der Waals surface area contributed by atoms with E-state index >= 15 is 4.39 Å². The van der Waals surface area contributed by atoms with Gasteiger partial charge in [-0.1, -0.05) is 36.9 Å². The third kappa shape index (κ3) is 4.57. The van der Waals surface area contributed by atoms with E-state index < -0.39 is 0 Å². The maximum atomic E-state index is 16.8. The first-order valence-corrected chi connectivity index (χ1v) is 16.6. The summed E-state index contributed by atoms with van der Waals surface area (Å²) < 4.78 is 16.8. The molecular weight excluding hydrogens is 559 g/mol. The molecule has 8 heteroatoms. The van der Waals surface area contributed by atoms with Crippen LogP contribution in [0.25, 0.3) is 22.2 Å². The summed E-state index contributed by atoms with van der Waals surface area (Å²) >= 11 is 6.66. The predicted molar refractivity (Wildman–Crippen MR) is 171 cm³/mol. The van der Waals surface area contributed by atoms with Crippen LogP contribution in [0.1, 0.15) is 75.1 Å². The van der Waals surface area contributed by atoms with E-state index in [-0.39, 0.29) is 11.4 Å². The Bertz CT molecular complexity index is 1590. The maximum absolute atomic E-state index is 16.8. The van der Waals surface area contributed by atoms with Crippen molar-refractivity contribution >= 4 is 28.3 Å². The molecule has 0 N–H and O–H groups in total. The van der Waals surface area contributed by atoms with Crippen LogP contribution < -0.4 is 4.90 Å². The molecule has 2 bridgehead atoms. The van der Waals surface area contributed by atoms with E-state index in [1.54, 1.807) is 6.20 Å². The molecule has 43 heavy (non-hydrogen) atoms. The van der Waals surface area contributed by atoms with Crippen LogP contribution in [0, 0.1) is 5.82 Å². The molecule has 0 spiro atoms. The molecule has 5 fully saturated rings. The second-order valence-electron chi connectivity index (χ2n) is 13.4. The molecule has 1 aliphatic carbocycles. The van der Waals surface area contributed by atoms with Gasteiger partial charge in [-0.15, -0.1) is 0 Å². The molecule has 8 rings (SSSR count). The van der Waals surface area contributed by atoms with Crippen molar-refractivity contribution in [1.29, 1.82) is 0 Å². The molecule has 0 amide bonds. The lowest BCUT2D eigenvalue weighted by molar-refractivity contribution is 0.181. The molecule has 224 valence electrons. The molecule has 4 saturated heterocycles. The Morgan fingerprint density at radius 3 is 2.51 bits per heavy atom. The van der Waals surface area contributed by atoms with Gasteiger partial charge in [0.15, 0.2) is 5.82 Å². The first-order valence-electron chi connectivity index (χ1n) is 16.2. The largest absolute Gasteiger partial charge is 0.362 e. The highest BCUT2D eigenvalue weighted by molar-refractivity contribution is 6.32. The Morgan fingerprint density at radius 2 is 1.81 bits per heavy atom. The molecule has 3 aromatic rings. The highest BCUT2D eigenvalue weighted by atomic mass is 35.5. The summed E-state index contributed by atoms with van der Waals surface area (Å²) in [5.74, 6) is 1.56. The number of halogens is 2. The standard InChI is InChI=1S/C35H40ClFN6/c1-3-22(2)43-24-11-12-25(43)21-41(20-24)34-27-19-38-32(26-7-4-8-28(36)30(26)23-9-10-23)31(37)33(27)39-29(40-34)13-16-35-14-5-17-42(35)18-6-15-35/h3-4,7-8,19,23-25H,1-2,5-6,9-18,20-21H2. The molecule has 6 nitrogen and oxygen atoms in total. The van der Waals surface area contributed by atoms with E-state index in [1.807, 2.05) is 24.3 Å². The minimum absolute atomic E-state index is 0.260. The van der Waals surface area contributed by atoms with Crippen molar-refractivity contribution in [2.24, 2.45) is 0 Å². The number of hydrogen-bond acceptors (Lipinski definition) is 6. The van der Waals surface area contributed by atoms with Crippen molar-refractivity contribution in [2.45, 2.75) is 87.7 Å². The van der Waals surface area contributed by atoms with Crippen LogP contribution in [0.3, 0.4) is 0 Å². The van der Waals surface area contributed by atoms with Gasteiger partial charge in [0.2, 0.25) is 0 Å². The molecule has 6 heterocycles. The zero-order valence-corrected chi connectivity index (χ0v) is 25.6.